The maximum Gasteiger partial charge on any atom is 0.339 e. The fraction of sp³-hybridized carbons (Fsp3) is 0. The number of amides is 1. The van der Waals surface area contributed by atoms with Gasteiger partial charge in [-0.2, -0.15) is 0 Å². The monoisotopic (exact) mass is 441 g/mol. The Bertz CT molecular complexity index is 1300. The molecule has 0 saturated heterocycles. The highest BCUT2D eigenvalue weighted by atomic mass is 32.2. The topological polar surface area (TPSA) is 152 Å². The first-order valence-corrected chi connectivity index (χ1v) is 10.3. The van der Waals surface area contributed by atoms with Gasteiger partial charge in [0.05, 0.1) is 10.6 Å². The number of carboxylic acids is 1. The van der Waals surface area contributed by atoms with E-state index in [2.05, 4.69) is 5.32 Å². The lowest BCUT2D eigenvalue weighted by molar-refractivity contribution is 0.0699. The molecule has 2 aromatic heterocycles. The quantitative estimate of drug-likeness (QED) is 0.226. The minimum absolute atomic E-state index is 0.0441. The molecule has 0 radical (unpaired) electrons. The third kappa shape index (κ3) is 3.47. The van der Waals surface area contributed by atoms with E-state index in [0.29, 0.717) is 20.8 Å². The minimum atomic E-state index is -1.22. The number of carboxylic acid groups (broad SMARTS) is 1. The summed E-state index contributed by atoms with van der Waals surface area (Å²) in [6.45, 7) is 0. The van der Waals surface area contributed by atoms with E-state index in [1.807, 2.05) is 0 Å². The molecule has 4 rings (SSSR count). The molecular formula is C20H15N3O5S2. The molecular weight excluding hydrogens is 426 g/mol. The van der Waals surface area contributed by atoms with Gasteiger partial charge in [-0.15, -0.1) is 11.3 Å². The highest BCUT2D eigenvalue weighted by Gasteiger charge is 2.24. The number of furan rings is 1. The zero-order valence-electron chi connectivity index (χ0n) is 15.2. The number of hydrogen-bond donors (Lipinski definition) is 5. The van der Waals surface area contributed by atoms with Crippen LogP contribution in [0.25, 0.3) is 21.6 Å². The molecule has 30 heavy (non-hydrogen) atoms. The normalized spacial score (nSPS) is 11.0. The smallest absolute Gasteiger partial charge is 0.339 e. The van der Waals surface area contributed by atoms with E-state index in [4.69, 9.17) is 15.3 Å². The van der Waals surface area contributed by atoms with E-state index >= 15 is 0 Å². The maximum atomic E-state index is 12.6. The number of carbonyl (C=O) groups is 2. The van der Waals surface area contributed by atoms with Gasteiger partial charge in [0.2, 0.25) is 0 Å². The second kappa shape index (κ2) is 7.75. The molecule has 0 saturated carbocycles. The van der Waals surface area contributed by atoms with E-state index < -0.39 is 11.9 Å². The van der Waals surface area contributed by atoms with Crippen molar-refractivity contribution in [3.05, 3.63) is 59.0 Å². The summed E-state index contributed by atoms with van der Waals surface area (Å²) >= 11 is 2.08. The zero-order valence-corrected chi connectivity index (χ0v) is 16.8. The van der Waals surface area contributed by atoms with Gasteiger partial charge >= 0.3 is 5.97 Å². The van der Waals surface area contributed by atoms with Gasteiger partial charge in [-0.3, -0.25) is 9.93 Å². The Morgan fingerprint density at radius 2 is 1.97 bits per heavy atom. The molecule has 4 aromatic rings. The number of fused-ring (bicyclic) bond motifs is 1. The molecule has 0 unspecified atom stereocenters. The lowest BCUT2D eigenvalue weighted by atomic mass is 10.1. The number of thiophene rings is 1. The highest BCUT2D eigenvalue weighted by molar-refractivity contribution is 7.97. The number of para-hydroxylation sites is 1. The van der Waals surface area contributed by atoms with Gasteiger partial charge < -0.3 is 25.7 Å². The van der Waals surface area contributed by atoms with Crippen LogP contribution in [-0.4, -0.2) is 22.1 Å². The number of anilines is 2. The van der Waals surface area contributed by atoms with E-state index in [1.165, 1.54) is 17.5 Å². The number of nitrogen functional groups attached to an aromatic ring is 1. The maximum absolute atomic E-state index is 12.6. The molecule has 2 aromatic carbocycles. The molecule has 8 nitrogen and oxygen atoms in total. The average molecular weight is 441 g/mol. The molecule has 0 spiro atoms. The van der Waals surface area contributed by atoms with Gasteiger partial charge in [0.25, 0.3) is 5.91 Å². The molecule has 0 fully saturated rings. The summed E-state index contributed by atoms with van der Waals surface area (Å²) in [5, 5.41) is 30.0. The van der Waals surface area contributed by atoms with Crippen LogP contribution < -0.4 is 16.2 Å². The summed E-state index contributed by atoms with van der Waals surface area (Å²) in [4.78, 5) is 25.5. The number of nitrogens with two attached hydrogens (primary N) is 2. The molecule has 152 valence electrons. The third-order valence-corrected chi connectivity index (χ3v) is 6.02. The van der Waals surface area contributed by atoms with Gasteiger partial charge in [-0.05, 0) is 42.3 Å². The van der Waals surface area contributed by atoms with Crippen molar-refractivity contribution in [2.45, 2.75) is 4.90 Å². The van der Waals surface area contributed by atoms with Crippen LogP contribution in [0.1, 0.15) is 20.7 Å². The molecule has 2 heterocycles. The standard InChI is InChI=1S/C20H15N3O5S2/c21-11-6-10(4-5-15(11)30-22)19(25)23-12-8-29-18(16(12)20(26)27)14-7-9-2-1-3-13(24)17(9)28-14/h1-8,24H,21-22H2,(H,23,25)(H,26,27). The molecule has 10 heteroatoms. The first-order valence-electron chi connectivity index (χ1n) is 8.53. The van der Waals surface area contributed by atoms with Crippen LogP contribution >= 0.6 is 23.3 Å². The van der Waals surface area contributed by atoms with Crippen LogP contribution in [0, 0.1) is 0 Å². The van der Waals surface area contributed by atoms with Gasteiger partial charge in [-0.25, -0.2) is 4.79 Å². The van der Waals surface area contributed by atoms with Gasteiger partial charge in [0.15, 0.2) is 11.3 Å². The molecule has 0 atom stereocenters. The predicted octanol–water partition coefficient (Wildman–Crippen LogP) is 4.37. The first-order chi connectivity index (χ1) is 14.4. The number of phenols is 1. The van der Waals surface area contributed by atoms with Crippen molar-refractivity contribution < 1.29 is 24.2 Å². The van der Waals surface area contributed by atoms with E-state index in [9.17, 15) is 19.8 Å². The van der Waals surface area contributed by atoms with E-state index in [0.717, 1.165) is 23.3 Å². The Balaban J connectivity index is 1.70. The molecule has 7 N–H and O–H groups in total. The van der Waals surface area contributed by atoms with Gasteiger partial charge in [0, 0.05) is 26.9 Å². The fourth-order valence-electron chi connectivity index (χ4n) is 2.99. The van der Waals surface area contributed by atoms with Crippen molar-refractivity contribution in [1.29, 1.82) is 0 Å². The van der Waals surface area contributed by atoms with Crippen molar-refractivity contribution in [3.8, 4) is 16.4 Å². The van der Waals surface area contributed by atoms with Crippen molar-refractivity contribution >= 4 is 57.5 Å². The summed E-state index contributed by atoms with van der Waals surface area (Å²) in [5.74, 6) is -1.50. The van der Waals surface area contributed by atoms with Crippen molar-refractivity contribution in [3.63, 3.8) is 0 Å². The zero-order chi connectivity index (χ0) is 21.4. The minimum Gasteiger partial charge on any atom is -0.504 e. The number of nitrogens with one attached hydrogen (secondary N) is 1. The first kappa shape index (κ1) is 19.8. The fourth-order valence-corrected chi connectivity index (χ4v) is 4.28. The van der Waals surface area contributed by atoms with Crippen LogP contribution in [0.5, 0.6) is 5.75 Å². The van der Waals surface area contributed by atoms with Crippen LogP contribution in [0.2, 0.25) is 0 Å². The van der Waals surface area contributed by atoms with Crippen LogP contribution in [0.4, 0.5) is 11.4 Å². The Hall–Kier alpha value is -3.47. The Morgan fingerprint density at radius 1 is 1.17 bits per heavy atom. The van der Waals surface area contributed by atoms with Crippen LogP contribution in [-0.2, 0) is 0 Å². The second-order valence-corrected chi connectivity index (χ2v) is 7.84. The lowest BCUT2D eigenvalue weighted by Gasteiger charge is -2.08. The largest absolute Gasteiger partial charge is 0.504 e. The van der Waals surface area contributed by atoms with Gasteiger partial charge in [0.1, 0.15) is 11.3 Å². The Morgan fingerprint density at radius 3 is 2.63 bits per heavy atom. The highest BCUT2D eigenvalue weighted by Crippen LogP contribution is 2.40. The van der Waals surface area contributed by atoms with Crippen LogP contribution in [0.15, 0.2) is 57.2 Å². The van der Waals surface area contributed by atoms with Gasteiger partial charge in [-0.1, -0.05) is 12.1 Å². The van der Waals surface area contributed by atoms with E-state index in [-0.39, 0.29) is 33.9 Å². The summed E-state index contributed by atoms with van der Waals surface area (Å²) < 4.78 is 5.67. The van der Waals surface area contributed by atoms with Crippen molar-refractivity contribution in [2.24, 2.45) is 5.14 Å². The summed E-state index contributed by atoms with van der Waals surface area (Å²) in [6.07, 6.45) is 0. The number of aromatic carboxylic acids is 1. The lowest BCUT2D eigenvalue weighted by Crippen LogP contribution is -2.14. The average Bonchev–Trinajstić information content (AvgIpc) is 3.32. The molecule has 0 bridgehead atoms. The SMILES string of the molecule is NSc1ccc(C(=O)Nc2csc(-c3cc4cccc(O)c4o3)c2C(=O)O)cc1N. The number of aromatic hydroxyl groups is 1. The Kier molecular flexibility index (Phi) is 5.12. The second-order valence-electron chi connectivity index (χ2n) is 6.29. The number of phenolic OH excluding ortho intramolecular Hbond substituents is 1. The van der Waals surface area contributed by atoms with Crippen molar-refractivity contribution in [1.82, 2.24) is 0 Å². The number of carbonyl (C=O) groups excluding carboxylic acids is 1. The van der Waals surface area contributed by atoms with E-state index in [1.54, 1.807) is 30.3 Å². The molecule has 0 aliphatic rings. The summed E-state index contributed by atoms with van der Waals surface area (Å²) in [6, 6.07) is 11.2. The predicted molar refractivity (Wildman–Crippen MR) is 117 cm³/mol. The van der Waals surface area contributed by atoms with Crippen molar-refractivity contribution in [2.75, 3.05) is 11.1 Å². The number of benzene rings is 2. The number of rotatable bonds is 5. The molecule has 0 aliphatic carbocycles. The Labute approximate surface area is 178 Å². The third-order valence-electron chi connectivity index (χ3n) is 4.40. The summed E-state index contributed by atoms with van der Waals surface area (Å²) in [5.41, 5.74) is 6.77. The number of hydrogen-bond acceptors (Lipinski definition) is 8. The molecule has 1 amide bonds. The van der Waals surface area contributed by atoms with Crippen LogP contribution in [0.3, 0.4) is 0 Å². The summed E-state index contributed by atoms with van der Waals surface area (Å²) in [7, 11) is 0. The molecule has 0 aliphatic heterocycles.